The van der Waals surface area contributed by atoms with Crippen LogP contribution in [0.15, 0.2) is 12.2 Å². The van der Waals surface area contributed by atoms with Crippen LogP contribution in [0.3, 0.4) is 0 Å². The van der Waals surface area contributed by atoms with Gasteiger partial charge in [-0.15, -0.1) is 0 Å². The van der Waals surface area contributed by atoms with Gasteiger partial charge in [0.25, 0.3) is 0 Å². The Morgan fingerprint density at radius 3 is 2.65 bits per heavy atom. The molecule has 3 rings (SSSR count). The van der Waals surface area contributed by atoms with Gasteiger partial charge in [-0.25, -0.2) is 4.79 Å². The molecular formula is C14H19NO5. The summed E-state index contributed by atoms with van der Waals surface area (Å²) in [5.74, 6) is -0.522. The average molecular weight is 281 g/mol. The zero-order valence-electron chi connectivity index (χ0n) is 11.9. The third-order valence-electron chi connectivity index (χ3n) is 4.73. The standard InChI is InChI=1S/C14H19NO5/c1-8-10-4-5-14(9(2)11(8)16,12-19-6-7-20-12)15(10)13(17)18-3/h4-5,8-10,12H,6-7H2,1-3H3/t8-,9-,10-,14+/m1/s1. The van der Waals surface area contributed by atoms with Gasteiger partial charge in [-0.1, -0.05) is 26.0 Å². The number of carbonyl (C=O) groups excluding carboxylic acids is 2. The lowest BCUT2D eigenvalue weighted by Gasteiger charge is -2.50. The molecule has 3 aliphatic rings. The number of methoxy groups -OCH3 is 1. The first kappa shape index (κ1) is 13.6. The molecule has 3 heterocycles. The number of hydrogen-bond acceptors (Lipinski definition) is 5. The summed E-state index contributed by atoms with van der Waals surface area (Å²) in [5.41, 5.74) is -0.891. The zero-order valence-corrected chi connectivity index (χ0v) is 11.9. The van der Waals surface area contributed by atoms with Crippen LogP contribution in [-0.2, 0) is 19.0 Å². The number of piperidine rings is 1. The van der Waals surface area contributed by atoms with Gasteiger partial charge >= 0.3 is 6.09 Å². The smallest absolute Gasteiger partial charge is 0.410 e. The van der Waals surface area contributed by atoms with Gasteiger partial charge in [-0.05, 0) is 0 Å². The van der Waals surface area contributed by atoms with Gasteiger partial charge in [0, 0.05) is 11.8 Å². The lowest BCUT2D eigenvalue weighted by atomic mass is 9.73. The summed E-state index contributed by atoms with van der Waals surface area (Å²) in [7, 11) is 1.34. The van der Waals surface area contributed by atoms with Crippen LogP contribution in [0.1, 0.15) is 13.8 Å². The van der Waals surface area contributed by atoms with E-state index in [1.807, 2.05) is 26.0 Å². The van der Waals surface area contributed by atoms with Gasteiger partial charge in [0.15, 0.2) is 6.29 Å². The molecule has 0 radical (unpaired) electrons. The minimum atomic E-state index is -0.891. The second-order valence-corrected chi connectivity index (χ2v) is 5.56. The first-order chi connectivity index (χ1) is 9.54. The Balaban J connectivity index is 2.08. The van der Waals surface area contributed by atoms with E-state index in [1.165, 1.54) is 7.11 Å². The van der Waals surface area contributed by atoms with E-state index in [1.54, 1.807) is 4.90 Å². The largest absolute Gasteiger partial charge is 0.453 e. The highest BCUT2D eigenvalue weighted by Crippen LogP contribution is 2.47. The Morgan fingerprint density at radius 2 is 2.05 bits per heavy atom. The topological polar surface area (TPSA) is 65.1 Å². The number of fused-ring (bicyclic) bond motifs is 2. The summed E-state index contributed by atoms with van der Waals surface area (Å²) in [6.07, 6.45) is 2.71. The maximum atomic E-state index is 12.5. The molecule has 0 aromatic heterocycles. The molecule has 1 amide bonds. The highest BCUT2D eigenvalue weighted by Gasteiger charge is 2.63. The predicted molar refractivity (Wildman–Crippen MR) is 68.9 cm³/mol. The molecule has 0 aromatic rings. The van der Waals surface area contributed by atoms with Crippen molar-refractivity contribution in [2.45, 2.75) is 31.7 Å². The Labute approximate surface area is 117 Å². The lowest BCUT2D eigenvalue weighted by Crippen LogP contribution is -2.68. The van der Waals surface area contributed by atoms with Gasteiger partial charge in [-0.2, -0.15) is 0 Å². The molecule has 2 fully saturated rings. The molecule has 0 unspecified atom stereocenters. The van der Waals surface area contributed by atoms with Crippen molar-refractivity contribution < 1.29 is 23.8 Å². The van der Waals surface area contributed by atoms with E-state index in [4.69, 9.17) is 14.2 Å². The van der Waals surface area contributed by atoms with Crippen LogP contribution in [0.25, 0.3) is 0 Å². The summed E-state index contributed by atoms with van der Waals surface area (Å²) in [5, 5.41) is 0. The number of amides is 1. The quantitative estimate of drug-likeness (QED) is 0.670. The Morgan fingerprint density at radius 1 is 1.40 bits per heavy atom. The van der Waals surface area contributed by atoms with Crippen LogP contribution in [0, 0.1) is 11.8 Å². The Bertz CT molecular complexity index is 470. The van der Waals surface area contributed by atoms with Crippen molar-refractivity contribution in [3.63, 3.8) is 0 Å². The first-order valence-electron chi connectivity index (χ1n) is 6.87. The molecule has 110 valence electrons. The van der Waals surface area contributed by atoms with Crippen LogP contribution < -0.4 is 0 Å². The summed E-state index contributed by atoms with van der Waals surface area (Å²) in [4.78, 5) is 26.3. The second-order valence-electron chi connectivity index (χ2n) is 5.56. The first-order valence-corrected chi connectivity index (χ1v) is 6.87. The van der Waals surface area contributed by atoms with Crippen molar-refractivity contribution in [2.24, 2.45) is 11.8 Å². The Hall–Kier alpha value is -1.40. The monoisotopic (exact) mass is 281 g/mol. The lowest BCUT2D eigenvalue weighted by molar-refractivity contribution is -0.170. The molecule has 3 aliphatic heterocycles. The summed E-state index contributed by atoms with van der Waals surface area (Å²) < 4.78 is 16.1. The maximum absolute atomic E-state index is 12.5. The molecule has 0 saturated carbocycles. The van der Waals surface area contributed by atoms with E-state index >= 15 is 0 Å². The fraction of sp³-hybridized carbons (Fsp3) is 0.714. The van der Waals surface area contributed by atoms with Crippen molar-refractivity contribution in [3.8, 4) is 0 Å². The average Bonchev–Trinajstić information content (AvgIpc) is 3.09. The van der Waals surface area contributed by atoms with Crippen LogP contribution in [0.4, 0.5) is 4.79 Å². The number of hydrogen-bond donors (Lipinski definition) is 0. The third-order valence-corrected chi connectivity index (χ3v) is 4.73. The molecule has 2 bridgehead atoms. The Kier molecular flexibility index (Phi) is 3.10. The van der Waals surface area contributed by atoms with Gasteiger partial charge in [-0.3, -0.25) is 9.69 Å². The predicted octanol–water partition coefficient (Wildman–Crippen LogP) is 0.960. The van der Waals surface area contributed by atoms with Crippen molar-refractivity contribution >= 4 is 11.9 Å². The number of nitrogens with zero attached hydrogens (tertiary/aromatic N) is 1. The fourth-order valence-corrected chi connectivity index (χ4v) is 3.61. The van der Waals surface area contributed by atoms with Gasteiger partial charge in [0.1, 0.15) is 11.3 Å². The molecule has 6 nitrogen and oxygen atoms in total. The van der Waals surface area contributed by atoms with Crippen LogP contribution >= 0.6 is 0 Å². The summed E-state index contributed by atoms with van der Waals surface area (Å²) in [6.45, 7) is 4.61. The van der Waals surface area contributed by atoms with Crippen molar-refractivity contribution in [1.29, 1.82) is 0 Å². The van der Waals surface area contributed by atoms with Crippen molar-refractivity contribution in [3.05, 3.63) is 12.2 Å². The normalized spacial score (nSPS) is 40.5. The molecule has 0 spiro atoms. The molecule has 4 atom stereocenters. The SMILES string of the molecule is COC(=O)N1[C@@H]2C=C[C@@]1(C1OCCO1)[C@H](C)C(=O)[C@@H]2C. The van der Waals surface area contributed by atoms with Gasteiger partial charge in [0.05, 0.1) is 26.4 Å². The number of ether oxygens (including phenoxy) is 3. The number of rotatable bonds is 1. The van der Waals surface area contributed by atoms with Crippen molar-refractivity contribution in [1.82, 2.24) is 4.90 Å². The second kappa shape index (κ2) is 4.56. The molecule has 0 aromatic carbocycles. The van der Waals surface area contributed by atoms with E-state index in [0.29, 0.717) is 13.2 Å². The van der Waals surface area contributed by atoms with Crippen LogP contribution in [0.5, 0.6) is 0 Å². The van der Waals surface area contributed by atoms with Crippen LogP contribution in [0.2, 0.25) is 0 Å². The molecule has 20 heavy (non-hydrogen) atoms. The van der Waals surface area contributed by atoms with E-state index in [0.717, 1.165) is 0 Å². The minimum Gasteiger partial charge on any atom is -0.453 e. The van der Waals surface area contributed by atoms with Crippen LogP contribution in [-0.4, -0.2) is 55.0 Å². The van der Waals surface area contributed by atoms with Gasteiger partial charge in [0.2, 0.25) is 0 Å². The number of ketones is 1. The summed E-state index contributed by atoms with van der Waals surface area (Å²) in [6, 6.07) is -0.293. The van der Waals surface area contributed by atoms with Crippen molar-refractivity contribution in [2.75, 3.05) is 20.3 Å². The molecule has 0 aliphatic carbocycles. The highest BCUT2D eigenvalue weighted by atomic mass is 16.7. The molecule has 0 N–H and O–H groups in total. The third kappa shape index (κ3) is 1.52. The maximum Gasteiger partial charge on any atom is 0.410 e. The van der Waals surface area contributed by atoms with Gasteiger partial charge < -0.3 is 14.2 Å². The highest BCUT2D eigenvalue weighted by molar-refractivity contribution is 5.90. The molecule has 2 saturated heterocycles. The minimum absolute atomic E-state index is 0.124. The van der Waals surface area contributed by atoms with E-state index in [-0.39, 0.29) is 17.7 Å². The van der Waals surface area contributed by atoms with E-state index in [9.17, 15) is 9.59 Å². The number of Topliss-reactive ketones (excluding diaryl/α,β-unsaturated/α-hetero) is 1. The van der Waals surface area contributed by atoms with E-state index < -0.39 is 23.8 Å². The molecular weight excluding hydrogens is 262 g/mol. The summed E-state index contributed by atoms with van der Waals surface area (Å²) >= 11 is 0. The molecule has 6 heteroatoms. The fourth-order valence-electron chi connectivity index (χ4n) is 3.61. The number of carbonyl (C=O) groups is 2. The zero-order chi connectivity index (χ0) is 14.5. The van der Waals surface area contributed by atoms with E-state index in [2.05, 4.69) is 0 Å².